The predicted octanol–water partition coefficient (Wildman–Crippen LogP) is 5.83. The molecule has 3 rings (SSSR count). The molecule has 7 heteroatoms. The van der Waals surface area contributed by atoms with Crippen LogP contribution in [0, 0.1) is 0 Å². The van der Waals surface area contributed by atoms with Crippen LogP contribution in [-0.2, 0) is 16.0 Å². The van der Waals surface area contributed by atoms with Gasteiger partial charge in [0.05, 0.1) is 6.61 Å². The summed E-state index contributed by atoms with van der Waals surface area (Å²) in [6.45, 7) is 3.87. The van der Waals surface area contributed by atoms with E-state index in [9.17, 15) is 9.59 Å². The van der Waals surface area contributed by atoms with Gasteiger partial charge in [0.1, 0.15) is 16.3 Å². The van der Waals surface area contributed by atoms with Crippen molar-refractivity contribution < 1.29 is 19.1 Å². The molecular weight excluding hydrogens is 422 g/mol. The van der Waals surface area contributed by atoms with E-state index in [1.54, 1.807) is 31.2 Å². The number of carbonyl (C=O) groups excluding carboxylic acids is 2. The first-order valence-corrected chi connectivity index (χ1v) is 10.8. The van der Waals surface area contributed by atoms with Crippen molar-refractivity contribution in [1.82, 2.24) is 0 Å². The highest BCUT2D eigenvalue weighted by molar-refractivity contribution is 7.15. The summed E-state index contributed by atoms with van der Waals surface area (Å²) in [7, 11) is 0. The fourth-order valence-corrected chi connectivity index (χ4v) is 4.01. The molecule has 0 aliphatic rings. The second-order valence-electron chi connectivity index (χ2n) is 6.42. The number of thiophene rings is 1. The number of benzene rings is 2. The maximum atomic E-state index is 12.6. The van der Waals surface area contributed by atoms with E-state index >= 15 is 0 Å². The molecule has 0 aliphatic carbocycles. The molecule has 0 saturated carbocycles. The molecule has 3 aromatic rings. The van der Waals surface area contributed by atoms with E-state index in [2.05, 4.69) is 12.2 Å². The predicted molar refractivity (Wildman–Crippen MR) is 121 cm³/mol. The summed E-state index contributed by atoms with van der Waals surface area (Å²) in [6, 6.07) is 14.8. The minimum atomic E-state index is -0.473. The molecule has 30 heavy (non-hydrogen) atoms. The van der Waals surface area contributed by atoms with Gasteiger partial charge in [0.2, 0.25) is 0 Å². The van der Waals surface area contributed by atoms with Crippen molar-refractivity contribution in [2.45, 2.75) is 20.3 Å². The quantitative estimate of drug-likeness (QED) is 0.445. The van der Waals surface area contributed by atoms with Crippen LogP contribution in [0.5, 0.6) is 5.75 Å². The van der Waals surface area contributed by atoms with E-state index in [1.807, 2.05) is 29.6 Å². The summed E-state index contributed by atoms with van der Waals surface area (Å²) in [5.74, 6) is -0.360. The minimum Gasteiger partial charge on any atom is -0.484 e. The Bertz CT molecular complexity index is 1030. The topological polar surface area (TPSA) is 64.6 Å². The molecule has 1 amide bonds. The molecule has 0 atom stereocenters. The molecule has 5 nitrogen and oxygen atoms in total. The summed E-state index contributed by atoms with van der Waals surface area (Å²) in [6.07, 6.45) is 0.933. The van der Waals surface area contributed by atoms with Gasteiger partial charge in [0.15, 0.2) is 6.61 Å². The lowest BCUT2D eigenvalue weighted by molar-refractivity contribution is -0.118. The van der Waals surface area contributed by atoms with Crippen molar-refractivity contribution >= 4 is 39.8 Å². The lowest BCUT2D eigenvalue weighted by Crippen LogP contribution is -2.21. The maximum Gasteiger partial charge on any atom is 0.341 e. The lowest BCUT2D eigenvalue weighted by atomic mass is 10.0. The van der Waals surface area contributed by atoms with Gasteiger partial charge in [-0.2, -0.15) is 0 Å². The number of aryl methyl sites for hydroxylation is 1. The highest BCUT2D eigenvalue weighted by atomic mass is 35.5. The molecule has 1 heterocycles. The number of amides is 1. The monoisotopic (exact) mass is 443 g/mol. The van der Waals surface area contributed by atoms with Crippen LogP contribution in [0.2, 0.25) is 5.02 Å². The van der Waals surface area contributed by atoms with Crippen molar-refractivity contribution in [1.29, 1.82) is 0 Å². The SMILES string of the molecule is CCOC(=O)c1c(-c2ccc(CC)cc2)csc1NC(=O)COc1cccc(Cl)c1. The van der Waals surface area contributed by atoms with Gasteiger partial charge in [-0.3, -0.25) is 4.79 Å². The fourth-order valence-electron chi connectivity index (χ4n) is 2.86. The molecule has 156 valence electrons. The van der Waals surface area contributed by atoms with Gasteiger partial charge >= 0.3 is 5.97 Å². The number of nitrogens with one attached hydrogen (secondary N) is 1. The van der Waals surface area contributed by atoms with Gasteiger partial charge in [-0.25, -0.2) is 4.79 Å². The Morgan fingerprint density at radius 1 is 1.10 bits per heavy atom. The molecule has 0 unspecified atom stereocenters. The van der Waals surface area contributed by atoms with Crippen LogP contribution in [0.4, 0.5) is 5.00 Å². The van der Waals surface area contributed by atoms with Gasteiger partial charge in [-0.1, -0.05) is 48.9 Å². The van der Waals surface area contributed by atoms with Crippen molar-refractivity contribution in [3.05, 3.63) is 70.1 Å². The standard InChI is InChI=1S/C23H22ClNO4S/c1-3-15-8-10-16(11-9-15)19-14-30-22(21(19)23(27)28-4-2)25-20(26)13-29-18-7-5-6-17(24)12-18/h5-12,14H,3-4,13H2,1-2H3,(H,25,26). The molecule has 0 fully saturated rings. The number of carbonyl (C=O) groups is 2. The second-order valence-corrected chi connectivity index (χ2v) is 7.73. The Kier molecular flexibility index (Phi) is 7.49. The van der Waals surface area contributed by atoms with Crippen LogP contribution in [0.1, 0.15) is 29.8 Å². The first kappa shape index (κ1) is 21.9. The van der Waals surface area contributed by atoms with E-state index in [0.29, 0.717) is 21.3 Å². The van der Waals surface area contributed by atoms with Gasteiger partial charge in [-0.05, 0) is 42.7 Å². The van der Waals surface area contributed by atoms with Crippen LogP contribution in [0.15, 0.2) is 53.9 Å². The highest BCUT2D eigenvalue weighted by Gasteiger charge is 2.23. The maximum absolute atomic E-state index is 12.6. The second kappa shape index (κ2) is 10.3. The van der Waals surface area contributed by atoms with Crippen LogP contribution in [0.3, 0.4) is 0 Å². The van der Waals surface area contributed by atoms with E-state index in [0.717, 1.165) is 17.5 Å². The fraction of sp³-hybridized carbons (Fsp3) is 0.217. The first-order chi connectivity index (χ1) is 14.5. The average molecular weight is 444 g/mol. The number of hydrogen-bond donors (Lipinski definition) is 1. The third-order valence-corrected chi connectivity index (χ3v) is 5.49. The molecular formula is C23H22ClNO4S. The third kappa shape index (κ3) is 5.40. The summed E-state index contributed by atoms with van der Waals surface area (Å²) in [5, 5.41) is 5.57. The number of halogens is 1. The molecule has 0 saturated heterocycles. The van der Waals surface area contributed by atoms with Crippen LogP contribution >= 0.6 is 22.9 Å². The lowest BCUT2D eigenvalue weighted by Gasteiger charge is -2.10. The van der Waals surface area contributed by atoms with Gasteiger partial charge < -0.3 is 14.8 Å². The Labute approximate surface area is 184 Å². The van der Waals surface area contributed by atoms with Gasteiger partial charge in [0, 0.05) is 16.0 Å². The molecule has 0 bridgehead atoms. The molecule has 0 aliphatic heterocycles. The van der Waals surface area contributed by atoms with E-state index in [-0.39, 0.29) is 19.1 Å². The number of esters is 1. The zero-order valence-electron chi connectivity index (χ0n) is 16.7. The van der Waals surface area contributed by atoms with Crippen LogP contribution < -0.4 is 10.1 Å². The van der Waals surface area contributed by atoms with Gasteiger partial charge in [0.25, 0.3) is 5.91 Å². The minimum absolute atomic E-state index is 0.207. The zero-order valence-corrected chi connectivity index (χ0v) is 18.3. The number of hydrogen-bond acceptors (Lipinski definition) is 5. The number of ether oxygens (including phenoxy) is 2. The van der Waals surface area contributed by atoms with Crippen LogP contribution in [-0.4, -0.2) is 25.1 Å². The summed E-state index contributed by atoms with van der Waals surface area (Å²) in [5.41, 5.74) is 3.18. The summed E-state index contributed by atoms with van der Waals surface area (Å²) < 4.78 is 10.7. The summed E-state index contributed by atoms with van der Waals surface area (Å²) >= 11 is 7.20. The van der Waals surface area contributed by atoms with Gasteiger partial charge in [-0.15, -0.1) is 11.3 Å². The molecule has 0 spiro atoms. The third-order valence-electron chi connectivity index (χ3n) is 4.36. The van der Waals surface area contributed by atoms with Crippen LogP contribution in [0.25, 0.3) is 11.1 Å². The molecule has 0 radical (unpaired) electrons. The average Bonchev–Trinajstić information content (AvgIpc) is 3.16. The zero-order chi connectivity index (χ0) is 21.5. The largest absolute Gasteiger partial charge is 0.484 e. The van der Waals surface area contributed by atoms with Crippen molar-refractivity contribution in [3.8, 4) is 16.9 Å². The smallest absolute Gasteiger partial charge is 0.341 e. The summed E-state index contributed by atoms with van der Waals surface area (Å²) in [4.78, 5) is 25.0. The van der Waals surface area contributed by atoms with Crippen molar-refractivity contribution in [2.75, 3.05) is 18.5 Å². The number of anilines is 1. The highest BCUT2D eigenvalue weighted by Crippen LogP contribution is 2.36. The Hall–Kier alpha value is -2.83. The molecule has 2 aromatic carbocycles. The van der Waals surface area contributed by atoms with Crippen molar-refractivity contribution in [3.63, 3.8) is 0 Å². The van der Waals surface area contributed by atoms with E-state index in [1.165, 1.54) is 16.9 Å². The number of rotatable bonds is 8. The van der Waals surface area contributed by atoms with E-state index < -0.39 is 5.97 Å². The van der Waals surface area contributed by atoms with E-state index in [4.69, 9.17) is 21.1 Å². The first-order valence-electron chi connectivity index (χ1n) is 9.58. The molecule has 1 aromatic heterocycles. The Morgan fingerprint density at radius 2 is 1.87 bits per heavy atom. The van der Waals surface area contributed by atoms with Crippen molar-refractivity contribution in [2.24, 2.45) is 0 Å². The Balaban J connectivity index is 1.80. The normalized spacial score (nSPS) is 10.5. The Morgan fingerprint density at radius 3 is 2.53 bits per heavy atom. The molecule has 1 N–H and O–H groups in total.